The average Bonchev–Trinajstić information content (AvgIpc) is 2.71. The molecule has 0 aliphatic carbocycles. The van der Waals surface area contributed by atoms with E-state index in [2.05, 4.69) is 101 Å². The first-order valence-electron chi connectivity index (χ1n) is 10.8. The van der Waals surface area contributed by atoms with Crippen LogP contribution in [0.2, 0.25) is 0 Å². The van der Waals surface area contributed by atoms with E-state index in [-0.39, 0.29) is 0 Å². The van der Waals surface area contributed by atoms with Crippen molar-refractivity contribution >= 4 is 10.9 Å². The summed E-state index contributed by atoms with van der Waals surface area (Å²) in [6, 6.07) is 19.9. The van der Waals surface area contributed by atoms with Gasteiger partial charge in [-0.15, -0.1) is 0 Å². The Balaban J connectivity index is 2.01. The molecule has 0 fully saturated rings. The molecule has 0 unspecified atom stereocenters. The van der Waals surface area contributed by atoms with Crippen molar-refractivity contribution < 1.29 is 4.57 Å². The molecule has 0 aliphatic heterocycles. The highest BCUT2D eigenvalue weighted by atomic mass is 14.9. The summed E-state index contributed by atoms with van der Waals surface area (Å²) in [6.45, 7) is 11.1. The second-order valence-electron chi connectivity index (χ2n) is 8.93. The molecule has 2 aromatic carbocycles. The maximum absolute atomic E-state index is 4.90. The van der Waals surface area contributed by atoms with Gasteiger partial charge in [-0.1, -0.05) is 43.7 Å². The third-order valence-corrected chi connectivity index (χ3v) is 6.00. The van der Waals surface area contributed by atoms with E-state index in [1.54, 1.807) is 0 Å². The Bertz CT molecular complexity index is 1220. The minimum atomic E-state index is 0.629. The number of fused-ring (bicyclic) bond motifs is 1. The summed E-state index contributed by atoms with van der Waals surface area (Å²) in [7, 11) is 2.17. The Morgan fingerprint density at radius 1 is 0.900 bits per heavy atom. The van der Waals surface area contributed by atoms with Gasteiger partial charge in [0.2, 0.25) is 11.2 Å². The van der Waals surface area contributed by atoms with Gasteiger partial charge in [-0.05, 0) is 74.1 Å². The fraction of sp³-hybridized carbons (Fsp3) is 0.286. The summed E-state index contributed by atoms with van der Waals surface area (Å²) < 4.78 is 2.33. The predicted octanol–water partition coefficient (Wildman–Crippen LogP) is 6.52. The number of hydrogen-bond donors (Lipinski definition) is 0. The van der Waals surface area contributed by atoms with Crippen molar-refractivity contribution in [3.8, 4) is 22.5 Å². The van der Waals surface area contributed by atoms with Crippen LogP contribution in [0.1, 0.15) is 36.1 Å². The van der Waals surface area contributed by atoms with Crippen molar-refractivity contribution in [3.63, 3.8) is 0 Å². The van der Waals surface area contributed by atoms with Crippen LogP contribution in [0, 0.1) is 26.7 Å². The first-order valence-corrected chi connectivity index (χ1v) is 10.8. The van der Waals surface area contributed by atoms with Crippen LogP contribution in [0.25, 0.3) is 33.4 Å². The maximum Gasteiger partial charge on any atom is 0.222 e. The molecule has 0 saturated carbocycles. The van der Waals surface area contributed by atoms with Crippen LogP contribution < -0.4 is 4.57 Å². The quantitative estimate of drug-likeness (QED) is 0.360. The summed E-state index contributed by atoms with van der Waals surface area (Å²) in [5, 5.41) is 1.23. The monoisotopic (exact) mass is 395 g/mol. The van der Waals surface area contributed by atoms with Crippen LogP contribution in [0.4, 0.5) is 0 Å². The van der Waals surface area contributed by atoms with Crippen LogP contribution in [0.3, 0.4) is 0 Å². The molecule has 2 heteroatoms. The van der Waals surface area contributed by atoms with Crippen molar-refractivity contribution in [1.29, 1.82) is 0 Å². The van der Waals surface area contributed by atoms with Gasteiger partial charge in [0.15, 0.2) is 0 Å². The zero-order chi connectivity index (χ0) is 21.4. The number of nitrogens with zero attached hydrogens (tertiary/aromatic N) is 2. The van der Waals surface area contributed by atoms with Gasteiger partial charge in [-0.2, -0.15) is 4.57 Å². The molecule has 0 bridgehead atoms. The minimum Gasteiger partial charge on any atom is -0.256 e. The van der Waals surface area contributed by atoms with E-state index in [4.69, 9.17) is 4.98 Å². The Morgan fingerprint density at radius 3 is 2.37 bits per heavy atom. The van der Waals surface area contributed by atoms with Crippen LogP contribution in [-0.2, 0) is 13.5 Å². The van der Waals surface area contributed by atoms with Gasteiger partial charge in [0.25, 0.3) is 0 Å². The highest BCUT2D eigenvalue weighted by Gasteiger charge is 2.24. The summed E-state index contributed by atoms with van der Waals surface area (Å²) in [6.07, 6.45) is 3.10. The SMILES string of the molecule is Cc1cc(C)c(C)c(-c2c(-c3ccc(CC(C)C)cn3)cc3ccccc3[n+]2C)c1. The predicted molar refractivity (Wildman–Crippen MR) is 127 cm³/mol. The number of para-hydroxylation sites is 1. The molecule has 2 aromatic heterocycles. The second kappa shape index (κ2) is 8.02. The van der Waals surface area contributed by atoms with Gasteiger partial charge < -0.3 is 0 Å². The number of aryl methyl sites for hydroxylation is 3. The molecule has 0 saturated heterocycles. The van der Waals surface area contributed by atoms with Crippen LogP contribution in [0.15, 0.2) is 60.8 Å². The molecule has 0 N–H and O–H groups in total. The molecule has 2 nitrogen and oxygen atoms in total. The standard InChI is InChI=1S/C28H31N2/c1-18(2)13-22-11-12-26(29-17-22)25-16-23-9-7-8-10-27(23)30(6)28(25)24-15-19(3)14-20(4)21(24)5/h7-12,14-18H,13H2,1-6H3/q+1. The molecule has 4 rings (SSSR count). The molecular weight excluding hydrogens is 364 g/mol. The van der Waals surface area contributed by atoms with Gasteiger partial charge in [0.05, 0.1) is 16.8 Å². The number of hydrogen-bond acceptors (Lipinski definition) is 1. The number of aromatic nitrogens is 2. The summed E-state index contributed by atoms with van der Waals surface area (Å²) >= 11 is 0. The van der Waals surface area contributed by atoms with Gasteiger partial charge in [0, 0.05) is 17.6 Å². The molecule has 4 aromatic rings. The van der Waals surface area contributed by atoms with Gasteiger partial charge in [0.1, 0.15) is 7.05 Å². The number of rotatable bonds is 4. The van der Waals surface area contributed by atoms with Gasteiger partial charge >= 0.3 is 0 Å². The summed E-state index contributed by atoms with van der Waals surface area (Å²) in [4.78, 5) is 4.90. The average molecular weight is 396 g/mol. The molecule has 30 heavy (non-hydrogen) atoms. The van der Waals surface area contributed by atoms with E-state index in [1.165, 1.54) is 50.0 Å². The van der Waals surface area contributed by atoms with Gasteiger partial charge in [-0.3, -0.25) is 4.98 Å². The fourth-order valence-corrected chi connectivity index (χ4v) is 4.42. The smallest absolute Gasteiger partial charge is 0.222 e. The summed E-state index contributed by atoms with van der Waals surface area (Å²) in [5.41, 5.74) is 11.2. The van der Waals surface area contributed by atoms with E-state index in [0.29, 0.717) is 5.92 Å². The van der Waals surface area contributed by atoms with Gasteiger partial charge in [-0.25, -0.2) is 0 Å². The number of pyridine rings is 2. The van der Waals surface area contributed by atoms with Crippen molar-refractivity contribution in [1.82, 2.24) is 4.98 Å². The highest BCUT2D eigenvalue weighted by Crippen LogP contribution is 2.34. The van der Waals surface area contributed by atoms with E-state index in [1.807, 2.05) is 6.20 Å². The lowest BCUT2D eigenvalue weighted by Crippen LogP contribution is -2.33. The lowest BCUT2D eigenvalue weighted by Gasteiger charge is -2.14. The first-order chi connectivity index (χ1) is 14.3. The molecule has 152 valence electrons. The van der Waals surface area contributed by atoms with Crippen molar-refractivity contribution in [2.45, 2.75) is 41.0 Å². The van der Waals surface area contributed by atoms with Crippen LogP contribution in [0.5, 0.6) is 0 Å². The summed E-state index contributed by atoms with van der Waals surface area (Å²) in [5.74, 6) is 0.629. The zero-order valence-electron chi connectivity index (χ0n) is 19.0. The Kier molecular flexibility index (Phi) is 5.42. The van der Waals surface area contributed by atoms with E-state index in [0.717, 1.165) is 12.1 Å². The Morgan fingerprint density at radius 2 is 1.67 bits per heavy atom. The third kappa shape index (κ3) is 3.75. The molecule has 0 aliphatic rings. The fourth-order valence-electron chi connectivity index (χ4n) is 4.42. The Labute approximate surface area is 180 Å². The topological polar surface area (TPSA) is 16.8 Å². The molecule has 0 spiro atoms. The largest absolute Gasteiger partial charge is 0.256 e. The van der Waals surface area contributed by atoms with Crippen molar-refractivity contribution in [3.05, 3.63) is 83.0 Å². The molecule has 0 radical (unpaired) electrons. The third-order valence-electron chi connectivity index (χ3n) is 6.00. The highest BCUT2D eigenvalue weighted by molar-refractivity contribution is 5.88. The molecule has 0 amide bonds. The second-order valence-corrected chi connectivity index (χ2v) is 8.93. The lowest BCUT2D eigenvalue weighted by molar-refractivity contribution is -0.633. The van der Waals surface area contributed by atoms with E-state index in [9.17, 15) is 0 Å². The first kappa shape index (κ1) is 20.3. The van der Waals surface area contributed by atoms with Crippen LogP contribution in [-0.4, -0.2) is 4.98 Å². The van der Waals surface area contributed by atoms with E-state index < -0.39 is 0 Å². The number of benzene rings is 2. The van der Waals surface area contributed by atoms with E-state index >= 15 is 0 Å². The molecule has 0 atom stereocenters. The molecular formula is C28H31N2+. The molecule has 2 heterocycles. The normalized spacial score (nSPS) is 11.4. The minimum absolute atomic E-state index is 0.629. The maximum atomic E-state index is 4.90. The zero-order valence-corrected chi connectivity index (χ0v) is 19.0. The van der Waals surface area contributed by atoms with Crippen LogP contribution >= 0.6 is 0 Å². The lowest BCUT2D eigenvalue weighted by atomic mass is 9.92. The van der Waals surface area contributed by atoms with Crippen molar-refractivity contribution in [2.75, 3.05) is 0 Å². The van der Waals surface area contributed by atoms with Crippen molar-refractivity contribution in [2.24, 2.45) is 13.0 Å². The Hall–Kier alpha value is -3.00.